The number of unbranched alkanes of at least 4 members (excludes halogenated alkanes) is 10. The van der Waals surface area contributed by atoms with Crippen LogP contribution in [-0.2, 0) is 9.47 Å². The number of fused-ring (bicyclic) bond motifs is 2. The summed E-state index contributed by atoms with van der Waals surface area (Å²) < 4.78 is 22.1. The molecule has 0 atom stereocenters. The molecule has 0 saturated heterocycles. The molecule has 0 unspecified atom stereocenters. The molecule has 2 heterocycles. The second kappa shape index (κ2) is 17.9. The van der Waals surface area contributed by atoms with Gasteiger partial charge in [-0.15, -0.1) is 0 Å². The van der Waals surface area contributed by atoms with E-state index >= 15 is 0 Å². The van der Waals surface area contributed by atoms with Gasteiger partial charge in [-0.2, -0.15) is 0 Å². The fourth-order valence-corrected chi connectivity index (χ4v) is 5.73. The van der Waals surface area contributed by atoms with Crippen LogP contribution in [0, 0.1) is 23.7 Å². The third-order valence-electron chi connectivity index (χ3n) is 8.57. The molecule has 0 aromatic heterocycles. The molecule has 0 amide bonds. The minimum atomic E-state index is -0.684. The number of esters is 4. The molecular formula is C42H42O8. The van der Waals surface area contributed by atoms with Gasteiger partial charge in [-0.25, -0.2) is 19.2 Å². The Hall–Kier alpha value is -5.34. The first-order chi connectivity index (χ1) is 24.4. The van der Waals surface area contributed by atoms with Gasteiger partial charge < -0.3 is 18.9 Å². The van der Waals surface area contributed by atoms with Crippen LogP contribution in [0.25, 0.3) is 0 Å². The number of benzene rings is 3. The summed E-state index contributed by atoms with van der Waals surface area (Å²) >= 11 is 0. The summed E-state index contributed by atoms with van der Waals surface area (Å²) in [6.07, 6.45) is 13.4. The van der Waals surface area contributed by atoms with Gasteiger partial charge in [0.05, 0.1) is 46.6 Å². The molecule has 2 aliphatic rings. The van der Waals surface area contributed by atoms with E-state index in [4.69, 9.17) is 18.9 Å². The maximum atomic E-state index is 12.1. The van der Waals surface area contributed by atoms with Crippen molar-refractivity contribution in [3.8, 4) is 35.2 Å². The van der Waals surface area contributed by atoms with Crippen LogP contribution >= 0.6 is 0 Å². The van der Waals surface area contributed by atoms with Gasteiger partial charge in [0.25, 0.3) is 0 Å². The monoisotopic (exact) mass is 674 g/mol. The predicted molar refractivity (Wildman–Crippen MR) is 189 cm³/mol. The quantitative estimate of drug-likeness (QED) is 0.0644. The van der Waals surface area contributed by atoms with Gasteiger partial charge in [-0.1, -0.05) is 102 Å². The average molecular weight is 675 g/mol. The topological polar surface area (TPSA) is 105 Å². The van der Waals surface area contributed by atoms with Crippen molar-refractivity contribution in [2.75, 3.05) is 13.2 Å². The van der Waals surface area contributed by atoms with Gasteiger partial charge in [-0.05, 0) is 49.2 Å². The number of carbonyl (C=O) groups excluding carboxylic acids is 4. The molecule has 258 valence electrons. The summed E-state index contributed by atoms with van der Waals surface area (Å²) in [5, 5.41) is 0. The van der Waals surface area contributed by atoms with E-state index in [2.05, 4.69) is 37.5 Å². The van der Waals surface area contributed by atoms with E-state index in [1.165, 1.54) is 38.5 Å². The van der Waals surface area contributed by atoms with Gasteiger partial charge in [0.15, 0.2) is 0 Å². The smallest absolute Gasteiger partial charge is 0.346 e. The fourth-order valence-electron chi connectivity index (χ4n) is 5.73. The van der Waals surface area contributed by atoms with E-state index in [0.29, 0.717) is 47.0 Å². The lowest BCUT2D eigenvalue weighted by Gasteiger charge is -2.14. The van der Waals surface area contributed by atoms with Crippen LogP contribution < -0.4 is 9.47 Å². The van der Waals surface area contributed by atoms with Crippen molar-refractivity contribution in [2.45, 2.75) is 90.9 Å². The molecule has 3 aromatic rings. The molecule has 0 bridgehead atoms. The number of hydrogen-bond donors (Lipinski definition) is 0. The maximum Gasteiger partial charge on any atom is 0.346 e. The summed E-state index contributed by atoms with van der Waals surface area (Å²) in [6.45, 7) is 5.39. The summed E-state index contributed by atoms with van der Waals surface area (Å²) in [6, 6.07) is 13.2. The highest BCUT2D eigenvalue weighted by Crippen LogP contribution is 2.30. The first-order valence-electron chi connectivity index (χ1n) is 17.7. The molecule has 5 rings (SSSR count). The molecule has 3 aromatic carbocycles. The maximum absolute atomic E-state index is 12.1. The van der Waals surface area contributed by atoms with Crippen LogP contribution in [-0.4, -0.2) is 37.1 Å². The highest BCUT2D eigenvalue weighted by molar-refractivity contribution is 6.15. The molecular weight excluding hydrogens is 632 g/mol. The van der Waals surface area contributed by atoms with E-state index in [-0.39, 0.29) is 22.3 Å². The molecule has 0 N–H and O–H groups in total. The second-order valence-electron chi connectivity index (χ2n) is 12.5. The van der Waals surface area contributed by atoms with Crippen molar-refractivity contribution < 1.29 is 38.1 Å². The van der Waals surface area contributed by atoms with E-state index in [1.807, 2.05) is 12.1 Å². The minimum Gasteiger partial charge on any atom is -0.492 e. The van der Waals surface area contributed by atoms with Gasteiger partial charge in [0, 0.05) is 23.3 Å². The molecule has 8 nitrogen and oxygen atoms in total. The standard InChI is InChI=1S/C42H42O8/c1-3-5-7-9-11-13-23-47-37-27-32(20-16-30-18-22-34-36(26-30)42(46)50-40(34)44)38(48-24-14-12-10-8-6-4-2)28-31(37)19-15-29-17-21-33-35(25-29)41(45)49-39(33)43/h17-18,21-22,25-28H,3-14,23-24H2,1-2H3. The van der Waals surface area contributed by atoms with Crippen LogP contribution in [0.4, 0.5) is 0 Å². The van der Waals surface area contributed by atoms with Gasteiger partial charge >= 0.3 is 23.9 Å². The lowest BCUT2D eigenvalue weighted by atomic mass is 10.0. The highest BCUT2D eigenvalue weighted by Gasteiger charge is 2.30. The fraction of sp³-hybridized carbons (Fsp3) is 0.381. The molecule has 0 saturated carbocycles. The van der Waals surface area contributed by atoms with Crippen molar-refractivity contribution in [1.29, 1.82) is 0 Å². The van der Waals surface area contributed by atoms with Crippen molar-refractivity contribution in [3.63, 3.8) is 0 Å². The van der Waals surface area contributed by atoms with Crippen molar-refractivity contribution in [3.05, 3.63) is 93.0 Å². The van der Waals surface area contributed by atoms with E-state index in [9.17, 15) is 19.2 Å². The third-order valence-corrected chi connectivity index (χ3v) is 8.57. The number of carbonyl (C=O) groups is 4. The Bertz CT molecular complexity index is 1740. The SMILES string of the molecule is CCCCCCCCOc1cc(C#Cc2ccc3c(c2)C(=O)OC3=O)c(OCCCCCCCC)cc1C#Cc1ccc2c(c1)C(=O)OC2=O. The Morgan fingerprint density at radius 1 is 0.460 bits per heavy atom. The van der Waals surface area contributed by atoms with Crippen molar-refractivity contribution in [2.24, 2.45) is 0 Å². The summed E-state index contributed by atoms with van der Waals surface area (Å²) in [5.41, 5.74) is 3.12. The normalized spacial score (nSPS) is 12.7. The lowest BCUT2D eigenvalue weighted by molar-refractivity contribution is 0.0425. The molecule has 0 fully saturated rings. The first kappa shape index (κ1) is 36.0. The third kappa shape index (κ3) is 9.42. The Morgan fingerprint density at radius 3 is 1.26 bits per heavy atom. The van der Waals surface area contributed by atoms with Gasteiger partial charge in [-0.3, -0.25) is 0 Å². The molecule has 8 heteroatoms. The van der Waals surface area contributed by atoms with Crippen LogP contribution in [0.2, 0.25) is 0 Å². The van der Waals surface area contributed by atoms with Crippen molar-refractivity contribution >= 4 is 23.9 Å². The van der Waals surface area contributed by atoms with Crippen LogP contribution in [0.1, 0.15) is 155 Å². The molecule has 0 spiro atoms. The largest absolute Gasteiger partial charge is 0.492 e. The average Bonchev–Trinajstić information content (AvgIpc) is 3.57. The number of rotatable bonds is 16. The zero-order chi connectivity index (χ0) is 35.3. The van der Waals surface area contributed by atoms with E-state index in [1.54, 1.807) is 36.4 Å². The van der Waals surface area contributed by atoms with Gasteiger partial charge in [0.2, 0.25) is 0 Å². The van der Waals surface area contributed by atoms with E-state index < -0.39 is 23.9 Å². The van der Waals surface area contributed by atoms with Crippen LogP contribution in [0.15, 0.2) is 48.5 Å². The zero-order valence-electron chi connectivity index (χ0n) is 28.8. The Balaban J connectivity index is 1.45. The van der Waals surface area contributed by atoms with Gasteiger partial charge in [0.1, 0.15) is 11.5 Å². The molecule has 0 radical (unpaired) electrons. The number of hydrogen-bond acceptors (Lipinski definition) is 8. The molecule has 0 aliphatic carbocycles. The van der Waals surface area contributed by atoms with Crippen LogP contribution in [0.5, 0.6) is 11.5 Å². The number of ether oxygens (including phenoxy) is 4. The minimum absolute atomic E-state index is 0.194. The highest BCUT2D eigenvalue weighted by atomic mass is 16.6. The summed E-state index contributed by atoms with van der Waals surface area (Å²) in [5.74, 6) is 11.0. The summed E-state index contributed by atoms with van der Waals surface area (Å²) in [4.78, 5) is 48.1. The molecule has 50 heavy (non-hydrogen) atoms. The Morgan fingerprint density at radius 2 is 0.840 bits per heavy atom. The lowest BCUT2D eigenvalue weighted by Crippen LogP contribution is -2.03. The number of cyclic esters (lactones) is 4. The van der Waals surface area contributed by atoms with E-state index in [0.717, 1.165) is 38.5 Å². The Kier molecular flexibility index (Phi) is 12.9. The van der Waals surface area contributed by atoms with Crippen LogP contribution in [0.3, 0.4) is 0 Å². The van der Waals surface area contributed by atoms with Crippen molar-refractivity contribution in [1.82, 2.24) is 0 Å². The predicted octanol–water partition coefficient (Wildman–Crippen LogP) is 8.59. The zero-order valence-corrected chi connectivity index (χ0v) is 28.8. The molecule has 2 aliphatic heterocycles. The second-order valence-corrected chi connectivity index (χ2v) is 12.5. The summed E-state index contributed by atoms with van der Waals surface area (Å²) in [7, 11) is 0. The first-order valence-corrected chi connectivity index (χ1v) is 17.7. The Labute approximate surface area is 293 Å².